The molecule has 0 bridgehead atoms. The zero-order valence-electron chi connectivity index (χ0n) is 11.6. The van der Waals surface area contributed by atoms with E-state index in [1.807, 2.05) is 36.4 Å². The van der Waals surface area contributed by atoms with Crippen LogP contribution in [0.25, 0.3) is 0 Å². The first-order chi connectivity index (χ1) is 10.1. The Balaban J connectivity index is 2.29. The summed E-state index contributed by atoms with van der Waals surface area (Å²) in [6, 6.07) is 14.1. The third-order valence-electron chi connectivity index (χ3n) is 3.04. The van der Waals surface area contributed by atoms with Crippen molar-refractivity contribution >= 4 is 10.0 Å². The highest BCUT2D eigenvalue weighted by Gasteiger charge is 2.23. The van der Waals surface area contributed by atoms with Crippen molar-refractivity contribution in [3.05, 3.63) is 59.9 Å². The zero-order valence-corrected chi connectivity index (χ0v) is 12.4. The van der Waals surface area contributed by atoms with Gasteiger partial charge >= 0.3 is 0 Å². The molecule has 0 radical (unpaired) electrons. The molecule has 0 N–H and O–H groups in total. The Morgan fingerprint density at radius 1 is 1.19 bits per heavy atom. The van der Waals surface area contributed by atoms with Crippen LogP contribution >= 0.6 is 0 Å². The molecule has 2 aromatic rings. The lowest BCUT2D eigenvalue weighted by Crippen LogP contribution is -2.30. The SMILES string of the molecule is CCN(Cc1ccccc1)S(=O)(=O)c1ccc(C#N)nc1. The Hall–Kier alpha value is -2.23. The molecule has 2 rings (SSSR count). The van der Waals surface area contributed by atoms with Crippen molar-refractivity contribution in [3.8, 4) is 6.07 Å². The third kappa shape index (κ3) is 3.45. The summed E-state index contributed by atoms with van der Waals surface area (Å²) >= 11 is 0. The van der Waals surface area contributed by atoms with Crippen LogP contribution in [-0.4, -0.2) is 24.3 Å². The molecule has 5 nitrogen and oxygen atoms in total. The Morgan fingerprint density at radius 2 is 1.90 bits per heavy atom. The molecule has 1 heterocycles. The van der Waals surface area contributed by atoms with Gasteiger partial charge in [-0.2, -0.15) is 9.57 Å². The van der Waals surface area contributed by atoms with Crippen LogP contribution in [0, 0.1) is 11.3 Å². The molecule has 1 aromatic carbocycles. The van der Waals surface area contributed by atoms with E-state index in [0.717, 1.165) is 5.56 Å². The van der Waals surface area contributed by atoms with Crippen molar-refractivity contribution in [1.29, 1.82) is 5.26 Å². The predicted molar refractivity (Wildman–Crippen MR) is 78.7 cm³/mol. The molecule has 21 heavy (non-hydrogen) atoms. The first kappa shape index (κ1) is 15.2. The molecule has 0 atom stereocenters. The van der Waals surface area contributed by atoms with Crippen molar-refractivity contribution in [3.63, 3.8) is 0 Å². The summed E-state index contributed by atoms with van der Waals surface area (Å²) < 4.78 is 26.5. The monoisotopic (exact) mass is 301 g/mol. The van der Waals surface area contributed by atoms with E-state index in [0.29, 0.717) is 13.1 Å². The fraction of sp³-hybridized carbons (Fsp3) is 0.200. The molecule has 0 spiro atoms. The highest BCUT2D eigenvalue weighted by Crippen LogP contribution is 2.17. The maximum Gasteiger partial charge on any atom is 0.244 e. The number of hydrogen-bond donors (Lipinski definition) is 0. The summed E-state index contributed by atoms with van der Waals surface area (Å²) in [5.41, 5.74) is 1.12. The van der Waals surface area contributed by atoms with E-state index in [1.54, 1.807) is 6.92 Å². The lowest BCUT2D eigenvalue weighted by atomic mass is 10.2. The molecule has 0 saturated heterocycles. The van der Waals surface area contributed by atoms with Crippen molar-refractivity contribution in [1.82, 2.24) is 9.29 Å². The van der Waals surface area contributed by atoms with Crippen LogP contribution in [0.2, 0.25) is 0 Å². The van der Waals surface area contributed by atoms with Crippen LogP contribution in [0.3, 0.4) is 0 Å². The van der Waals surface area contributed by atoms with E-state index in [-0.39, 0.29) is 10.6 Å². The number of nitrogens with zero attached hydrogens (tertiary/aromatic N) is 3. The molecule has 0 aliphatic heterocycles. The maximum atomic E-state index is 12.6. The fourth-order valence-corrected chi connectivity index (χ4v) is 3.28. The number of hydrogen-bond acceptors (Lipinski definition) is 4. The van der Waals surface area contributed by atoms with Crippen LogP contribution in [0.5, 0.6) is 0 Å². The second-order valence-corrected chi connectivity index (χ2v) is 6.35. The van der Waals surface area contributed by atoms with E-state index in [2.05, 4.69) is 4.98 Å². The molecular formula is C15H15N3O2S. The molecular weight excluding hydrogens is 286 g/mol. The summed E-state index contributed by atoms with van der Waals surface area (Å²) in [6.45, 7) is 2.45. The summed E-state index contributed by atoms with van der Waals surface area (Å²) in [4.78, 5) is 3.92. The maximum absolute atomic E-state index is 12.6. The van der Waals surface area contributed by atoms with E-state index in [1.165, 1.54) is 22.6 Å². The predicted octanol–water partition coefficient (Wildman–Crippen LogP) is 2.16. The fourth-order valence-electron chi connectivity index (χ4n) is 1.90. The van der Waals surface area contributed by atoms with Gasteiger partial charge in [0, 0.05) is 19.3 Å². The van der Waals surface area contributed by atoms with Crippen LogP contribution in [-0.2, 0) is 16.6 Å². The second kappa shape index (κ2) is 6.48. The van der Waals surface area contributed by atoms with Gasteiger partial charge in [-0.3, -0.25) is 0 Å². The van der Waals surface area contributed by atoms with E-state index in [4.69, 9.17) is 5.26 Å². The quantitative estimate of drug-likeness (QED) is 0.848. The Bertz CT molecular complexity index is 735. The highest BCUT2D eigenvalue weighted by molar-refractivity contribution is 7.89. The largest absolute Gasteiger partial charge is 0.244 e. The second-order valence-electron chi connectivity index (χ2n) is 4.41. The number of sulfonamides is 1. The Morgan fingerprint density at radius 3 is 2.43 bits per heavy atom. The molecule has 1 aromatic heterocycles. The summed E-state index contributed by atoms with van der Waals surface area (Å²) in [7, 11) is -3.61. The van der Waals surface area contributed by atoms with Crippen molar-refractivity contribution in [2.45, 2.75) is 18.4 Å². The summed E-state index contributed by atoms with van der Waals surface area (Å²) in [6.07, 6.45) is 1.22. The van der Waals surface area contributed by atoms with Gasteiger partial charge in [-0.05, 0) is 17.7 Å². The number of benzene rings is 1. The Labute approximate surface area is 124 Å². The van der Waals surface area contributed by atoms with Crippen molar-refractivity contribution in [2.75, 3.05) is 6.54 Å². The van der Waals surface area contributed by atoms with Gasteiger partial charge < -0.3 is 0 Å². The average Bonchev–Trinajstić information content (AvgIpc) is 2.53. The first-order valence-electron chi connectivity index (χ1n) is 6.48. The molecule has 0 saturated carbocycles. The van der Waals surface area contributed by atoms with Crippen molar-refractivity contribution < 1.29 is 8.42 Å². The van der Waals surface area contributed by atoms with Crippen LogP contribution in [0.4, 0.5) is 0 Å². The van der Waals surface area contributed by atoms with Gasteiger partial charge in [0.2, 0.25) is 10.0 Å². The van der Waals surface area contributed by atoms with Gasteiger partial charge in [0.05, 0.1) is 0 Å². The van der Waals surface area contributed by atoms with E-state index >= 15 is 0 Å². The number of aromatic nitrogens is 1. The van der Waals surface area contributed by atoms with Gasteiger partial charge in [-0.15, -0.1) is 0 Å². The minimum atomic E-state index is -3.61. The van der Waals surface area contributed by atoms with E-state index < -0.39 is 10.0 Å². The number of nitriles is 1. The Kier molecular flexibility index (Phi) is 4.68. The summed E-state index contributed by atoms with van der Waals surface area (Å²) in [5, 5.41) is 8.71. The molecule has 0 aliphatic rings. The minimum absolute atomic E-state index is 0.0966. The van der Waals surface area contributed by atoms with Crippen molar-refractivity contribution in [2.24, 2.45) is 0 Å². The molecule has 0 amide bonds. The first-order valence-corrected chi connectivity index (χ1v) is 7.92. The standard InChI is InChI=1S/C15H15N3O2S/c1-2-18(12-13-6-4-3-5-7-13)21(19,20)15-9-8-14(10-16)17-11-15/h3-9,11H,2,12H2,1H3. The average molecular weight is 301 g/mol. The number of rotatable bonds is 5. The lowest BCUT2D eigenvalue weighted by molar-refractivity contribution is 0.423. The highest BCUT2D eigenvalue weighted by atomic mass is 32.2. The lowest BCUT2D eigenvalue weighted by Gasteiger charge is -2.20. The van der Waals surface area contributed by atoms with Crippen LogP contribution in [0.1, 0.15) is 18.2 Å². The van der Waals surface area contributed by atoms with Gasteiger partial charge in [0.1, 0.15) is 16.7 Å². The van der Waals surface area contributed by atoms with E-state index in [9.17, 15) is 8.42 Å². The minimum Gasteiger partial charge on any atom is -0.244 e. The zero-order chi connectivity index (χ0) is 15.3. The molecule has 6 heteroatoms. The smallest absolute Gasteiger partial charge is 0.244 e. The normalized spacial score (nSPS) is 11.3. The van der Waals surface area contributed by atoms with Gasteiger partial charge in [0.25, 0.3) is 0 Å². The van der Waals surface area contributed by atoms with Crippen LogP contribution < -0.4 is 0 Å². The topological polar surface area (TPSA) is 74.1 Å². The molecule has 108 valence electrons. The molecule has 0 aliphatic carbocycles. The molecule has 0 unspecified atom stereocenters. The van der Waals surface area contributed by atoms with Gasteiger partial charge in [0.15, 0.2) is 0 Å². The summed E-state index contributed by atoms with van der Waals surface area (Å²) in [5.74, 6) is 0. The van der Waals surface area contributed by atoms with Crippen LogP contribution in [0.15, 0.2) is 53.6 Å². The number of pyridine rings is 1. The third-order valence-corrected chi connectivity index (χ3v) is 4.95. The van der Waals surface area contributed by atoms with Gasteiger partial charge in [-0.25, -0.2) is 13.4 Å². The molecule has 0 fully saturated rings. The van der Waals surface area contributed by atoms with Gasteiger partial charge in [-0.1, -0.05) is 37.3 Å².